The number of hydrazine groups is 1. The lowest BCUT2D eigenvalue weighted by molar-refractivity contribution is -0.242. The van der Waals surface area contributed by atoms with Crippen LogP contribution in [-0.2, 0) is 34.3 Å². The Morgan fingerprint density at radius 3 is 2.37 bits per heavy atom. The quantitative estimate of drug-likeness (QED) is 0.269. The number of allylic oxidation sites excluding steroid dienone is 1. The molecule has 0 amide bonds. The molecular formula is C32H46N2O4. The van der Waals surface area contributed by atoms with Crippen LogP contribution in [0.2, 0.25) is 0 Å². The number of hydrogen-bond acceptors (Lipinski definition) is 6. The summed E-state index contributed by atoms with van der Waals surface area (Å²) >= 11 is 0. The van der Waals surface area contributed by atoms with Gasteiger partial charge >= 0.3 is 5.97 Å². The summed E-state index contributed by atoms with van der Waals surface area (Å²) in [5.74, 6) is 0.659. The first-order chi connectivity index (χ1) is 17.9. The van der Waals surface area contributed by atoms with Crippen LogP contribution in [-0.4, -0.2) is 46.7 Å². The summed E-state index contributed by atoms with van der Waals surface area (Å²) in [4.78, 5) is 12.1. The average molecular weight is 523 g/mol. The maximum absolute atomic E-state index is 12.1. The highest BCUT2D eigenvalue weighted by atomic mass is 16.6. The molecule has 1 heterocycles. The van der Waals surface area contributed by atoms with E-state index in [4.69, 9.17) is 9.47 Å². The SMILES string of the molecule is C=CCc1cc(CCCC2CN(Cc3ccc(C(C)(C)C)cc3)N(O)C2C)ccc1OC(C)(C)C(=O)OC. The molecule has 2 aromatic rings. The normalized spacial score (nSPS) is 18.9. The minimum atomic E-state index is -1.07. The van der Waals surface area contributed by atoms with Crippen molar-refractivity contribution in [1.29, 1.82) is 0 Å². The summed E-state index contributed by atoms with van der Waals surface area (Å²) in [7, 11) is 1.37. The fourth-order valence-corrected chi connectivity index (χ4v) is 5.08. The number of aryl methyl sites for hydroxylation is 1. The third-order valence-corrected chi connectivity index (χ3v) is 7.54. The van der Waals surface area contributed by atoms with E-state index in [2.05, 4.69) is 75.7 Å². The Balaban J connectivity index is 1.57. The molecule has 1 saturated heterocycles. The average Bonchev–Trinajstić information content (AvgIpc) is 3.12. The molecule has 208 valence electrons. The van der Waals surface area contributed by atoms with Crippen molar-refractivity contribution in [2.75, 3.05) is 13.7 Å². The van der Waals surface area contributed by atoms with Gasteiger partial charge in [-0.15, -0.1) is 11.8 Å². The molecule has 2 atom stereocenters. The Morgan fingerprint density at radius 1 is 1.11 bits per heavy atom. The second-order valence-corrected chi connectivity index (χ2v) is 12.0. The van der Waals surface area contributed by atoms with E-state index in [-0.39, 0.29) is 11.5 Å². The number of hydroxylamine groups is 1. The standard InChI is InChI=1S/C32H46N2O4/c1-9-11-26-20-24(16-19-29(26)38-32(6,7)30(35)37-8)12-10-13-27-22-33(34(36)23(27)2)21-25-14-17-28(18-15-25)31(3,4)5/h9,14-20,23,27,36H,1,10-13,21-22H2,2-8H3. The third kappa shape index (κ3) is 7.46. The van der Waals surface area contributed by atoms with Crippen molar-refractivity contribution in [3.63, 3.8) is 0 Å². The van der Waals surface area contributed by atoms with Gasteiger partial charge < -0.3 is 9.47 Å². The largest absolute Gasteiger partial charge is 0.476 e. The van der Waals surface area contributed by atoms with Crippen LogP contribution in [0.25, 0.3) is 0 Å². The lowest BCUT2D eigenvalue weighted by Gasteiger charge is -2.25. The molecule has 6 heteroatoms. The summed E-state index contributed by atoms with van der Waals surface area (Å²) in [6, 6.07) is 15.0. The number of carbonyl (C=O) groups is 1. The highest BCUT2D eigenvalue weighted by Crippen LogP contribution is 2.30. The summed E-state index contributed by atoms with van der Waals surface area (Å²) in [5.41, 5.74) is 3.83. The van der Waals surface area contributed by atoms with Gasteiger partial charge in [0.05, 0.1) is 13.2 Å². The first-order valence-electron chi connectivity index (χ1n) is 13.7. The van der Waals surface area contributed by atoms with Crippen LogP contribution in [0.3, 0.4) is 0 Å². The molecule has 0 saturated carbocycles. The smallest absolute Gasteiger partial charge is 0.349 e. The zero-order valence-corrected chi connectivity index (χ0v) is 24.3. The van der Waals surface area contributed by atoms with Crippen LogP contribution in [0.15, 0.2) is 55.1 Å². The number of benzene rings is 2. The highest BCUT2D eigenvalue weighted by molar-refractivity contribution is 5.79. The summed E-state index contributed by atoms with van der Waals surface area (Å²) in [6.07, 6.45) is 5.50. The first-order valence-corrected chi connectivity index (χ1v) is 13.7. The van der Waals surface area contributed by atoms with Crippen molar-refractivity contribution in [2.24, 2.45) is 5.92 Å². The van der Waals surface area contributed by atoms with E-state index in [9.17, 15) is 10.0 Å². The lowest BCUT2D eigenvalue weighted by Crippen LogP contribution is -2.39. The molecular weight excluding hydrogens is 476 g/mol. The minimum absolute atomic E-state index is 0.0801. The predicted octanol–water partition coefficient (Wildman–Crippen LogP) is 6.49. The van der Waals surface area contributed by atoms with Crippen LogP contribution >= 0.6 is 0 Å². The molecule has 3 rings (SSSR count). The molecule has 1 fully saturated rings. The Kier molecular flexibility index (Phi) is 9.80. The van der Waals surface area contributed by atoms with Gasteiger partial charge in [0.2, 0.25) is 0 Å². The van der Waals surface area contributed by atoms with Gasteiger partial charge in [0.25, 0.3) is 0 Å². The number of hydrogen-bond donors (Lipinski definition) is 1. The van der Waals surface area contributed by atoms with Gasteiger partial charge in [-0.25, -0.2) is 9.80 Å². The van der Waals surface area contributed by atoms with Gasteiger partial charge in [0.1, 0.15) is 5.75 Å². The minimum Gasteiger partial charge on any atom is -0.476 e. The topological polar surface area (TPSA) is 62.2 Å². The molecule has 0 bridgehead atoms. The Labute approximate surface area is 229 Å². The van der Waals surface area contributed by atoms with E-state index in [0.29, 0.717) is 24.6 Å². The van der Waals surface area contributed by atoms with E-state index in [1.54, 1.807) is 13.8 Å². The maximum atomic E-state index is 12.1. The molecule has 38 heavy (non-hydrogen) atoms. The van der Waals surface area contributed by atoms with Gasteiger partial charge in [-0.1, -0.05) is 63.2 Å². The van der Waals surface area contributed by atoms with E-state index in [0.717, 1.165) is 31.4 Å². The number of carbonyl (C=O) groups excluding carboxylic acids is 1. The van der Waals surface area contributed by atoms with Crippen molar-refractivity contribution in [3.8, 4) is 5.75 Å². The molecule has 0 spiro atoms. The maximum Gasteiger partial charge on any atom is 0.349 e. The molecule has 1 aliphatic rings. The van der Waals surface area contributed by atoms with E-state index in [1.807, 2.05) is 12.1 Å². The summed E-state index contributed by atoms with van der Waals surface area (Å²) in [6.45, 7) is 17.6. The Morgan fingerprint density at radius 2 is 1.76 bits per heavy atom. The lowest BCUT2D eigenvalue weighted by atomic mass is 9.87. The second-order valence-electron chi connectivity index (χ2n) is 12.0. The number of ether oxygens (including phenoxy) is 2. The van der Waals surface area contributed by atoms with E-state index >= 15 is 0 Å². The molecule has 0 radical (unpaired) electrons. The van der Waals surface area contributed by atoms with Gasteiger partial charge in [-0.3, -0.25) is 5.21 Å². The van der Waals surface area contributed by atoms with Gasteiger partial charge in [-0.2, -0.15) is 0 Å². The Bertz CT molecular complexity index is 1090. The zero-order valence-electron chi connectivity index (χ0n) is 24.3. The van der Waals surface area contributed by atoms with Crippen molar-refractivity contribution in [3.05, 3.63) is 77.4 Å². The van der Waals surface area contributed by atoms with E-state index < -0.39 is 11.6 Å². The van der Waals surface area contributed by atoms with Crippen LogP contribution in [0.1, 0.15) is 76.6 Å². The van der Waals surface area contributed by atoms with Gasteiger partial charge in [0.15, 0.2) is 5.60 Å². The third-order valence-electron chi connectivity index (χ3n) is 7.54. The number of rotatable bonds is 11. The predicted molar refractivity (Wildman–Crippen MR) is 152 cm³/mol. The van der Waals surface area contributed by atoms with Crippen LogP contribution in [0.4, 0.5) is 0 Å². The van der Waals surface area contributed by atoms with Crippen molar-refractivity contribution < 1.29 is 19.5 Å². The monoisotopic (exact) mass is 522 g/mol. The molecule has 1 N–H and O–H groups in total. The van der Waals surface area contributed by atoms with Crippen molar-refractivity contribution in [1.82, 2.24) is 10.2 Å². The zero-order chi connectivity index (χ0) is 28.1. The first kappa shape index (κ1) is 29.9. The Hall–Kier alpha value is -2.67. The van der Waals surface area contributed by atoms with Crippen molar-refractivity contribution in [2.45, 2.75) is 90.8 Å². The van der Waals surface area contributed by atoms with Crippen LogP contribution in [0, 0.1) is 5.92 Å². The highest BCUT2D eigenvalue weighted by Gasteiger charge is 2.36. The van der Waals surface area contributed by atoms with Crippen LogP contribution < -0.4 is 4.74 Å². The summed E-state index contributed by atoms with van der Waals surface area (Å²) in [5, 5.41) is 14.3. The molecule has 2 unspecified atom stereocenters. The van der Waals surface area contributed by atoms with E-state index in [1.165, 1.54) is 29.0 Å². The molecule has 2 aromatic carbocycles. The number of esters is 1. The van der Waals surface area contributed by atoms with Gasteiger partial charge in [-0.05, 0) is 86.1 Å². The fourth-order valence-electron chi connectivity index (χ4n) is 5.08. The van der Waals surface area contributed by atoms with Crippen LogP contribution in [0.5, 0.6) is 5.75 Å². The second kappa shape index (κ2) is 12.5. The van der Waals surface area contributed by atoms with Gasteiger partial charge in [0, 0.05) is 13.1 Å². The molecule has 0 aliphatic carbocycles. The number of methoxy groups -OCH3 is 1. The summed E-state index contributed by atoms with van der Waals surface area (Å²) < 4.78 is 10.9. The molecule has 6 nitrogen and oxygen atoms in total. The molecule has 0 aromatic heterocycles. The number of nitrogens with zero attached hydrogens (tertiary/aromatic N) is 2. The molecule has 1 aliphatic heterocycles. The fraction of sp³-hybridized carbons (Fsp3) is 0.531. The van der Waals surface area contributed by atoms with Crippen molar-refractivity contribution >= 4 is 5.97 Å².